The molecule has 1 spiro atoms. The number of benzene rings is 1. The highest BCUT2D eigenvalue weighted by Gasteiger charge is 2.73. The Labute approximate surface area is 222 Å². The minimum Gasteiger partial charge on any atom is -0.370 e. The van der Waals surface area contributed by atoms with Crippen LogP contribution in [0.1, 0.15) is 40.0 Å². The van der Waals surface area contributed by atoms with E-state index in [0.717, 1.165) is 11.3 Å². The Balaban J connectivity index is 1.29. The molecule has 4 amide bonds. The first-order valence-electron chi connectivity index (χ1n) is 12.7. The second-order valence-corrected chi connectivity index (χ2v) is 10.4. The summed E-state index contributed by atoms with van der Waals surface area (Å²) in [5.74, 6) is -4.62. The van der Waals surface area contributed by atoms with Gasteiger partial charge in [-0.1, -0.05) is 12.1 Å². The van der Waals surface area contributed by atoms with Gasteiger partial charge in [0.25, 0.3) is 11.8 Å². The van der Waals surface area contributed by atoms with Crippen molar-refractivity contribution in [3.63, 3.8) is 0 Å². The average Bonchev–Trinajstić information content (AvgIpc) is 3.46. The molecule has 8 N–H and O–H groups in total. The molecule has 5 aliphatic rings. The summed E-state index contributed by atoms with van der Waals surface area (Å²) in [6, 6.07) is 3.00. The molecule has 3 fully saturated rings. The van der Waals surface area contributed by atoms with E-state index < -0.39 is 35.5 Å². The van der Waals surface area contributed by atoms with E-state index >= 15 is 0 Å². The van der Waals surface area contributed by atoms with Gasteiger partial charge in [0.05, 0.1) is 23.7 Å². The molecule has 6 rings (SSSR count). The van der Waals surface area contributed by atoms with Crippen molar-refractivity contribution in [2.45, 2.75) is 48.8 Å². The highest BCUT2D eigenvalue weighted by Crippen LogP contribution is 2.45. The molecule has 1 aromatic rings. The lowest BCUT2D eigenvalue weighted by Gasteiger charge is -2.49. The van der Waals surface area contributed by atoms with Gasteiger partial charge in [-0.2, -0.15) is 0 Å². The molecule has 3 saturated heterocycles. The normalized spacial score (nSPS) is 30.7. The van der Waals surface area contributed by atoms with Crippen molar-refractivity contribution >= 4 is 35.5 Å². The number of likely N-dealkylation sites (tertiary alicyclic amines) is 2. The number of guanidine groups is 2. The summed E-state index contributed by atoms with van der Waals surface area (Å²) < 4.78 is 0. The van der Waals surface area contributed by atoms with E-state index in [9.17, 15) is 29.4 Å². The number of nitrogens with zero attached hydrogens (tertiary/aromatic N) is 5. The molecular weight excluding hydrogens is 510 g/mol. The molecule has 1 aromatic carbocycles. The van der Waals surface area contributed by atoms with Gasteiger partial charge in [0.2, 0.25) is 17.6 Å². The van der Waals surface area contributed by atoms with Crippen molar-refractivity contribution in [2.75, 3.05) is 26.2 Å². The van der Waals surface area contributed by atoms with Gasteiger partial charge in [-0.15, -0.1) is 0 Å². The third-order valence-corrected chi connectivity index (χ3v) is 8.18. The van der Waals surface area contributed by atoms with Crippen molar-refractivity contribution in [1.29, 1.82) is 0 Å². The molecule has 15 heteroatoms. The van der Waals surface area contributed by atoms with Crippen LogP contribution in [0.3, 0.4) is 0 Å². The molecule has 0 radical (unpaired) electrons. The van der Waals surface area contributed by atoms with Crippen LogP contribution in [0.15, 0.2) is 34.3 Å². The zero-order chi connectivity index (χ0) is 27.7. The number of aliphatic imine (C=N–C) groups is 2. The van der Waals surface area contributed by atoms with Crippen LogP contribution in [0.5, 0.6) is 0 Å². The van der Waals surface area contributed by atoms with Crippen molar-refractivity contribution in [2.24, 2.45) is 21.5 Å². The molecule has 1 unspecified atom stereocenters. The fourth-order valence-electron chi connectivity index (χ4n) is 6.04. The summed E-state index contributed by atoms with van der Waals surface area (Å²) in [6.07, 6.45) is 1.05. The van der Waals surface area contributed by atoms with Crippen molar-refractivity contribution in [3.05, 3.63) is 35.4 Å². The monoisotopic (exact) mass is 539 g/mol. The number of rotatable bonds is 5. The number of nitrogens with one attached hydrogen (secondary N) is 2. The van der Waals surface area contributed by atoms with Gasteiger partial charge in [0, 0.05) is 32.5 Å². The van der Waals surface area contributed by atoms with Gasteiger partial charge in [-0.25, -0.2) is 9.98 Å². The minimum atomic E-state index is -2.70. The number of aliphatic hydroxyl groups is 2. The second kappa shape index (κ2) is 8.64. The summed E-state index contributed by atoms with van der Waals surface area (Å²) in [6.45, 7) is 0.857. The van der Waals surface area contributed by atoms with Gasteiger partial charge in [0.1, 0.15) is 12.1 Å². The molecular formula is C24H29N9O6. The smallest absolute Gasteiger partial charge is 0.254 e. The van der Waals surface area contributed by atoms with Gasteiger partial charge in [-0.05, 0) is 18.6 Å². The molecule has 5 heterocycles. The molecule has 0 aliphatic carbocycles. The Bertz CT molecular complexity index is 1320. The van der Waals surface area contributed by atoms with Crippen LogP contribution < -0.4 is 22.1 Å². The fraction of sp³-hybridized carbons (Fsp3) is 0.500. The third-order valence-electron chi connectivity index (χ3n) is 8.18. The average molecular weight is 540 g/mol. The molecule has 206 valence electrons. The summed E-state index contributed by atoms with van der Waals surface area (Å²) in [5.41, 5.74) is 10.7. The number of carbonyl (C=O) groups excluding carboxylic acids is 4. The Morgan fingerprint density at radius 1 is 1.08 bits per heavy atom. The number of hydrogen-bond donors (Lipinski definition) is 6. The van der Waals surface area contributed by atoms with E-state index in [1.807, 2.05) is 0 Å². The van der Waals surface area contributed by atoms with E-state index in [0.29, 0.717) is 13.1 Å². The van der Waals surface area contributed by atoms with Crippen molar-refractivity contribution in [3.8, 4) is 0 Å². The minimum absolute atomic E-state index is 0.0795. The zero-order valence-electron chi connectivity index (χ0n) is 20.9. The highest BCUT2D eigenvalue weighted by molar-refractivity contribution is 6.07. The van der Waals surface area contributed by atoms with Gasteiger partial charge >= 0.3 is 0 Å². The van der Waals surface area contributed by atoms with Crippen LogP contribution in [-0.4, -0.2) is 116 Å². The molecule has 4 atom stereocenters. The van der Waals surface area contributed by atoms with E-state index in [4.69, 9.17) is 11.5 Å². The van der Waals surface area contributed by atoms with E-state index in [2.05, 4.69) is 20.6 Å². The molecule has 0 aromatic heterocycles. The molecule has 0 saturated carbocycles. The molecule has 39 heavy (non-hydrogen) atoms. The van der Waals surface area contributed by atoms with Crippen molar-refractivity contribution in [1.82, 2.24) is 25.3 Å². The van der Waals surface area contributed by atoms with Crippen LogP contribution in [0.25, 0.3) is 0 Å². The Kier molecular flexibility index (Phi) is 5.55. The van der Waals surface area contributed by atoms with Gasteiger partial charge < -0.3 is 42.1 Å². The number of nitrogens with two attached hydrogens (primary N) is 2. The van der Waals surface area contributed by atoms with E-state index in [1.165, 1.54) is 11.0 Å². The third kappa shape index (κ3) is 3.56. The SMILES string of the molecule is NC1=N[C@H]2[C@H](CN3C(=O)CCC3=O)N=C(N)N3CC(NC(=O)c4ccccc4C(=O)N4CCC4)C(O)(O)[C@]23N1. The predicted molar refractivity (Wildman–Crippen MR) is 135 cm³/mol. The maximum atomic E-state index is 13.4. The molecule has 0 bridgehead atoms. The van der Waals surface area contributed by atoms with Crippen LogP contribution in [-0.2, 0) is 9.59 Å². The fourth-order valence-corrected chi connectivity index (χ4v) is 6.04. The summed E-state index contributed by atoms with van der Waals surface area (Å²) >= 11 is 0. The van der Waals surface area contributed by atoms with Crippen LogP contribution in [0, 0.1) is 0 Å². The lowest BCUT2D eigenvalue weighted by molar-refractivity contribution is -0.230. The lowest BCUT2D eigenvalue weighted by atomic mass is 9.84. The first kappa shape index (κ1) is 25.1. The van der Waals surface area contributed by atoms with Gasteiger partial charge in [0.15, 0.2) is 17.6 Å². The second-order valence-electron chi connectivity index (χ2n) is 10.4. The topological polar surface area (TPSA) is 219 Å². The number of amides is 4. The van der Waals surface area contributed by atoms with Crippen LogP contribution >= 0.6 is 0 Å². The predicted octanol–water partition coefficient (Wildman–Crippen LogP) is -3.54. The number of hydrogen-bond acceptors (Lipinski definition) is 12. The first-order chi connectivity index (χ1) is 18.5. The summed E-state index contributed by atoms with van der Waals surface area (Å²) in [4.78, 5) is 63.7. The quantitative estimate of drug-likeness (QED) is 0.160. The van der Waals surface area contributed by atoms with Gasteiger partial charge in [-0.3, -0.25) is 24.1 Å². The Hall–Kier alpha value is -4.24. The van der Waals surface area contributed by atoms with Crippen LogP contribution in [0.2, 0.25) is 0 Å². The van der Waals surface area contributed by atoms with E-state index in [-0.39, 0.29) is 66.7 Å². The highest BCUT2D eigenvalue weighted by atomic mass is 16.5. The molecule has 5 aliphatic heterocycles. The lowest BCUT2D eigenvalue weighted by Crippen LogP contribution is -2.78. The maximum absolute atomic E-state index is 13.4. The Morgan fingerprint density at radius 2 is 1.74 bits per heavy atom. The molecule has 15 nitrogen and oxygen atoms in total. The maximum Gasteiger partial charge on any atom is 0.254 e. The largest absolute Gasteiger partial charge is 0.370 e. The zero-order valence-corrected chi connectivity index (χ0v) is 20.9. The number of imide groups is 1. The standard InChI is InChI=1S/C24H29N9O6/c25-21-29-18-14(10-32-16(34)6-7-17(32)35)27-22(26)33-11-15(24(38,39)23(18,33)30-21)28-19(36)12-4-1-2-5-13(12)20(37)31-8-3-9-31/h1-2,4-5,14-15,18,38-39H,3,6-11H2,(H2,26,27)(H,28,36)(H3,25,29,30)/t14-,15?,18-,23-/m0/s1. The van der Waals surface area contributed by atoms with Crippen LogP contribution in [0.4, 0.5) is 0 Å². The van der Waals surface area contributed by atoms with E-state index in [1.54, 1.807) is 23.1 Å². The number of carbonyl (C=O) groups is 4. The summed E-state index contributed by atoms with van der Waals surface area (Å²) in [7, 11) is 0. The Morgan fingerprint density at radius 3 is 2.38 bits per heavy atom. The van der Waals surface area contributed by atoms with Crippen molar-refractivity contribution < 1.29 is 29.4 Å². The summed E-state index contributed by atoms with van der Waals surface area (Å²) in [5, 5.41) is 28.7. The first-order valence-corrected chi connectivity index (χ1v) is 12.7.